The molecule has 2 aromatic carbocycles. The zero-order chi connectivity index (χ0) is 48.8. The minimum atomic E-state index is -2.06. The van der Waals surface area contributed by atoms with Gasteiger partial charge in [0.05, 0.1) is 24.7 Å². The lowest BCUT2D eigenvalue weighted by Gasteiger charge is -2.45. The van der Waals surface area contributed by atoms with E-state index in [1.165, 1.54) is 43.3 Å². The first-order valence-electron chi connectivity index (χ1n) is 21.3. The molecule has 4 saturated heterocycles. The van der Waals surface area contributed by atoms with E-state index in [-0.39, 0.29) is 45.8 Å². The summed E-state index contributed by atoms with van der Waals surface area (Å²) in [6.45, 7) is 3.29. The van der Waals surface area contributed by atoms with Gasteiger partial charge in [-0.05, 0) is 63.6 Å². The zero-order valence-electron chi connectivity index (χ0n) is 36.1. The van der Waals surface area contributed by atoms with Crippen molar-refractivity contribution in [3.05, 3.63) is 63.8 Å². The number of phenolic OH excluding ortho intramolecular Hbond substituents is 1. The van der Waals surface area contributed by atoms with Crippen molar-refractivity contribution in [1.82, 2.24) is 0 Å². The second-order valence-corrected chi connectivity index (χ2v) is 16.9. The van der Waals surface area contributed by atoms with Crippen LogP contribution in [0.15, 0.2) is 57.3 Å². The van der Waals surface area contributed by atoms with Crippen molar-refractivity contribution in [2.75, 3.05) is 13.2 Å². The second kappa shape index (κ2) is 20.9. The van der Waals surface area contributed by atoms with Crippen LogP contribution in [0.3, 0.4) is 0 Å². The number of aliphatic hydroxyl groups is 13. The highest BCUT2D eigenvalue weighted by Gasteiger charge is 2.53. The first-order valence-corrected chi connectivity index (χ1v) is 21.3. The molecule has 4 aliphatic rings. The standard InChI is InChI=1S/C43H56O24/c1-14(2)4-9-18-20(60-43-38(30(54)26(50)22(13-45)62-43)65-40-32(56)27(51)25(49)21(12-44)61-40)11-10-19-24(48)36(34(63-35(18)19)16-5-7-17(46)8-6-16)64-42-37(29(53)23(47)15(3)59-42)66-41-33(57)28(52)31(55)39(58)67-41/h4-8,10-11,15,21-23,25-33,37-47,49-58H,9,12-13H2,1-3H3. The van der Waals surface area contributed by atoms with Gasteiger partial charge < -0.3 is 114 Å². The molecule has 20 atom stereocenters. The molecule has 0 aliphatic carbocycles. The van der Waals surface area contributed by atoms with Crippen molar-refractivity contribution in [3.8, 4) is 28.6 Å². The Kier molecular flexibility index (Phi) is 15.9. The predicted molar refractivity (Wildman–Crippen MR) is 220 cm³/mol. The third-order valence-corrected chi connectivity index (χ3v) is 12.0. The van der Waals surface area contributed by atoms with Gasteiger partial charge in [-0.3, -0.25) is 4.79 Å². The molecule has 0 bridgehead atoms. The van der Waals surface area contributed by atoms with Gasteiger partial charge in [0.25, 0.3) is 0 Å². The van der Waals surface area contributed by atoms with E-state index in [1.54, 1.807) is 19.9 Å². The number of fused-ring (bicyclic) bond motifs is 1. The van der Waals surface area contributed by atoms with Crippen LogP contribution in [-0.4, -0.2) is 208 Å². The zero-order valence-corrected chi connectivity index (χ0v) is 36.1. The maximum atomic E-state index is 14.8. The molecule has 5 heterocycles. The van der Waals surface area contributed by atoms with E-state index in [1.807, 2.05) is 0 Å². The molecule has 20 unspecified atom stereocenters. The monoisotopic (exact) mass is 956 g/mol. The molecule has 67 heavy (non-hydrogen) atoms. The predicted octanol–water partition coefficient (Wildman–Crippen LogP) is -4.33. The molecule has 1 aromatic heterocycles. The topological polar surface area (TPSA) is 387 Å². The molecule has 7 rings (SSSR count). The maximum absolute atomic E-state index is 14.8. The molecule has 4 aliphatic heterocycles. The number of phenols is 1. The minimum absolute atomic E-state index is 0.0217. The molecule has 372 valence electrons. The first-order chi connectivity index (χ1) is 31.7. The summed E-state index contributed by atoms with van der Waals surface area (Å²) in [4.78, 5) is 14.8. The van der Waals surface area contributed by atoms with E-state index in [9.17, 15) is 76.3 Å². The molecule has 24 heteroatoms. The van der Waals surface area contributed by atoms with Crippen molar-refractivity contribution in [2.24, 2.45) is 0 Å². The largest absolute Gasteiger partial charge is 0.508 e. The summed E-state index contributed by atoms with van der Waals surface area (Å²) in [6, 6.07) is 7.88. The molecular weight excluding hydrogens is 900 g/mol. The average Bonchev–Trinajstić information content (AvgIpc) is 3.30. The van der Waals surface area contributed by atoms with Crippen LogP contribution in [0.4, 0.5) is 0 Å². The van der Waals surface area contributed by atoms with Gasteiger partial charge in [-0.15, -0.1) is 0 Å². The lowest BCUT2D eigenvalue weighted by molar-refractivity contribution is -0.377. The van der Waals surface area contributed by atoms with Gasteiger partial charge in [0.1, 0.15) is 90.3 Å². The van der Waals surface area contributed by atoms with Crippen molar-refractivity contribution >= 4 is 11.0 Å². The molecular formula is C43H56O24. The molecule has 0 radical (unpaired) electrons. The van der Waals surface area contributed by atoms with E-state index in [0.717, 1.165) is 5.57 Å². The van der Waals surface area contributed by atoms with Gasteiger partial charge in [0.15, 0.2) is 36.8 Å². The highest BCUT2D eigenvalue weighted by atomic mass is 16.8. The molecule has 0 spiro atoms. The van der Waals surface area contributed by atoms with Crippen molar-refractivity contribution in [3.63, 3.8) is 0 Å². The first kappa shape index (κ1) is 50.9. The summed E-state index contributed by atoms with van der Waals surface area (Å²) in [5.74, 6) is -1.13. The second-order valence-electron chi connectivity index (χ2n) is 16.9. The Labute approximate surface area is 380 Å². The van der Waals surface area contributed by atoms with Crippen molar-refractivity contribution in [1.29, 1.82) is 0 Å². The van der Waals surface area contributed by atoms with E-state index in [0.29, 0.717) is 0 Å². The quantitative estimate of drug-likeness (QED) is 0.0720. The molecule has 3 aromatic rings. The van der Waals surface area contributed by atoms with Crippen LogP contribution >= 0.6 is 0 Å². The van der Waals surface area contributed by atoms with Crippen molar-refractivity contribution < 1.29 is 114 Å². The summed E-state index contributed by atoms with van der Waals surface area (Å²) in [7, 11) is 0. The number of hydrogen-bond acceptors (Lipinski definition) is 24. The summed E-state index contributed by atoms with van der Waals surface area (Å²) in [5, 5.41) is 147. The maximum Gasteiger partial charge on any atom is 0.235 e. The van der Waals surface area contributed by atoms with Gasteiger partial charge in [-0.2, -0.15) is 0 Å². The Bertz CT molecular complexity index is 2230. The lowest BCUT2D eigenvalue weighted by atomic mass is 9.97. The molecule has 0 saturated carbocycles. The highest BCUT2D eigenvalue weighted by molar-refractivity contribution is 5.86. The minimum Gasteiger partial charge on any atom is -0.508 e. The van der Waals surface area contributed by atoms with Crippen LogP contribution in [0.2, 0.25) is 0 Å². The van der Waals surface area contributed by atoms with E-state index in [4.69, 9.17) is 42.3 Å². The van der Waals surface area contributed by atoms with E-state index in [2.05, 4.69) is 0 Å². The number of allylic oxidation sites excluding steroid dienone is 2. The number of hydrogen-bond donors (Lipinski definition) is 14. The van der Waals surface area contributed by atoms with Crippen LogP contribution in [-0.2, 0) is 34.8 Å². The smallest absolute Gasteiger partial charge is 0.235 e. The van der Waals surface area contributed by atoms with Crippen LogP contribution in [0.25, 0.3) is 22.3 Å². The Morgan fingerprint density at radius 2 is 1.15 bits per heavy atom. The van der Waals surface area contributed by atoms with Gasteiger partial charge in [0, 0.05) is 11.1 Å². The van der Waals surface area contributed by atoms with Crippen molar-refractivity contribution in [2.45, 2.75) is 150 Å². The fourth-order valence-electron chi connectivity index (χ4n) is 8.01. The summed E-state index contributed by atoms with van der Waals surface area (Å²) in [6.07, 6.45) is -34.2. The average molecular weight is 957 g/mol. The molecule has 0 amide bonds. The number of rotatable bonds is 13. The Morgan fingerprint density at radius 3 is 1.75 bits per heavy atom. The van der Waals surface area contributed by atoms with Gasteiger partial charge >= 0.3 is 0 Å². The third kappa shape index (κ3) is 10.2. The van der Waals surface area contributed by atoms with E-state index < -0.39 is 147 Å². The Balaban J connectivity index is 1.32. The van der Waals surface area contributed by atoms with Crippen LogP contribution in [0.1, 0.15) is 26.3 Å². The molecule has 14 N–H and O–H groups in total. The SMILES string of the molecule is CC(C)=CCc1c(OC2OC(CO)C(O)C(O)C2OC2OC(CO)C(O)C(O)C2O)ccc2c(=O)c(OC3OC(C)C(O)C(O)C3OC3OC(O)C(O)C(O)C3O)c(-c3ccc(O)cc3)oc12. The molecule has 24 nitrogen and oxygen atoms in total. The Morgan fingerprint density at radius 1 is 0.612 bits per heavy atom. The van der Waals surface area contributed by atoms with Gasteiger partial charge in [-0.1, -0.05) is 11.6 Å². The van der Waals surface area contributed by atoms with E-state index >= 15 is 0 Å². The fraction of sp³-hybridized carbons (Fsp3) is 0.605. The summed E-state index contributed by atoms with van der Waals surface area (Å²) < 4.78 is 53.0. The van der Waals surface area contributed by atoms with Crippen LogP contribution in [0.5, 0.6) is 17.2 Å². The third-order valence-electron chi connectivity index (χ3n) is 12.0. The highest BCUT2D eigenvalue weighted by Crippen LogP contribution is 2.40. The number of aliphatic hydroxyl groups excluding tert-OH is 13. The fourth-order valence-corrected chi connectivity index (χ4v) is 8.01. The number of ether oxygens (including phenoxy) is 8. The summed E-state index contributed by atoms with van der Waals surface area (Å²) >= 11 is 0. The van der Waals surface area contributed by atoms with Gasteiger partial charge in [-0.25, -0.2) is 0 Å². The van der Waals surface area contributed by atoms with Crippen LogP contribution in [0, 0.1) is 0 Å². The normalized spacial score (nSPS) is 39.2. The van der Waals surface area contributed by atoms with Gasteiger partial charge in [0.2, 0.25) is 23.8 Å². The molecule has 4 fully saturated rings. The summed E-state index contributed by atoms with van der Waals surface area (Å²) in [5.41, 5.74) is 0.0789. The Hall–Kier alpha value is -3.97. The lowest BCUT2D eigenvalue weighted by Crippen LogP contribution is -2.65. The number of benzene rings is 2. The number of aromatic hydroxyl groups is 1. The van der Waals surface area contributed by atoms with Crippen LogP contribution < -0.4 is 14.9 Å².